The van der Waals surface area contributed by atoms with E-state index in [0.29, 0.717) is 0 Å². The average molecular weight is 85.5 g/mol. The summed E-state index contributed by atoms with van der Waals surface area (Å²) in [6.07, 6.45) is 0. The first-order chi connectivity index (χ1) is 1.41. The molecule has 28 valence electrons. The first kappa shape index (κ1) is 8.90. The molecular formula is H4ClNO2. The molecule has 0 amide bonds. The second-order valence-electron chi connectivity index (χ2n) is 0.100. The van der Waals surface area contributed by atoms with Crippen molar-refractivity contribution in [3.63, 3.8) is 0 Å². The van der Waals surface area contributed by atoms with Crippen molar-refractivity contribution >= 4 is 12.4 Å². The van der Waals surface area contributed by atoms with Gasteiger partial charge >= 0.3 is 0 Å². The molecule has 4 heteroatoms. The minimum absolute atomic E-state index is 0. The number of hydrogen-bond donors (Lipinski definition) is 3. The van der Waals surface area contributed by atoms with Crippen LogP contribution in [-0.4, -0.2) is 10.4 Å². The molecule has 4 heavy (non-hydrogen) atoms. The van der Waals surface area contributed by atoms with Crippen molar-refractivity contribution in [1.29, 1.82) is 0 Å². The third kappa shape index (κ3) is 103. The fourth-order valence-corrected chi connectivity index (χ4v) is 0. The van der Waals surface area contributed by atoms with Crippen LogP contribution in [0.2, 0.25) is 0 Å². The van der Waals surface area contributed by atoms with E-state index in [2.05, 4.69) is 0 Å². The zero-order chi connectivity index (χ0) is 2.71. The van der Waals surface area contributed by atoms with E-state index >= 15 is 0 Å². The molecule has 0 aliphatic carbocycles. The van der Waals surface area contributed by atoms with E-state index in [9.17, 15) is 0 Å². The number of nitrogens with one attached hydrogen (secondary N) is 1. The highest BCUT2D eigenvalue weighted by atomic mass is 35.5. The Kier molecular flexibility index (Phi) is 24.3. The second kappa shape index (κ2) is 10.9. The summed E-state index contributed by atoms with van der Waals surface area (Å²) < 4.78 is 0. The molecule has 0 heterocycles. The molecule has 0 atom stereocenters. The summed E-state index contributed by atoms with van der Waals surface area (Å²) >= 11 is 0. The molecule has 0 bridgehead atoms. The molecule has 0 aromatic heterocycles. The van der Waals surface area contributed by atoms with Gasteiger partial charge in [0.15, 0.2) is 0 Å². The van der Waals surface area contributed by atoms with Crippen LogP contribution >= 0.6 is 12.4 Å². The van der Waals surface area contributed by atoms with Gasteiger partial charge in [-0.05, 0) is 0 Å². The standard InChI is InChI=1S/ClH.H3NO2/c;2-1-3/h1H;1-3H. The summed E-state index contributed by atoms with van der Waals surface area (Å²) in [5.74, 6) is 0. The lowest BCUT2D eigenvalue weighted by Crippen LogP contribution is -1.93. The topological polar surface area (TPSA) is 52.5 Å². The van der Waals surface area contributed by atoms with E-state index in [1.54, 1.807) is 0 Å². The molecule has 0 saturated heterocycles. The van der Waals surface area contributed by atoms with E-state index in [1.807, 2.05) is 0 Å². The summed E-state index contributed by atoms with van der Waals surface area (Å²) in [6, 6.07) is 0. The van der Waals surface area contributed by atoms with Gasteiger partial charge in [0.25, 0.3) is 0 Å². The van der Waals surface area contributed by atoms with Gasteiger partial charge in [-0.2, -0.15) is 0 Å². The maximum atomic E-state index is 6.88. The molecule has 0 aromatic carbocycles. The first-order valence-corrected chi connectivity index (χ1v) is 0.447. The fourth-order valence-electron chi connectivity index (χ4n) is 0. The van der Waals surface area contributed by atoms with Crippen molar-refractivity contribution in [2.75, 3.05) is 0 Å². The van der Waals surface area contributed by atoms with E-state index in [-0.39, 0.29) is 12.4 Å². The Hall–Kier alpha value is 0.170. The normalized spacial score (nSPS) is 4.50. The Balaban J connectivity index is 0. The molecule has 0 rings (SSSR count). The Morgan fingerprint density at radius 2 is 1.25 bits per heavy atom. The van der Waals surface area contributed by atoms with Crippen molar-refractivity contribution in [2.24, 2.45) is 0 Å². The van der Waals surface area contributed by atoms with Crippen LogP contribution < -0.4 is 5.64 Å². The highest BCUT2D eigenvalue weighted by molar-refractivity contribution is 5.85. The van der Waals surface area contributed by atoms with Gasteiger partial charge in [-0.15, -0.1) is 12.4 Å². The van der Waals surface area contributed by atoms with Crippen LogP contribution in [-0.2, 0) is 0 Å². The SMILES string of the molecule is Cl.ONO. The van der Waals surface area contributed by atoms with Gasteiger partial charge in [-0.25, -0.2) is 0 Å². The van der Waals surface area contributed by atoms with Gasteiger partial charge in [0, 0.05) is 0 Å². The van der Waals surface area contributed by atoms with Crippen LogP contribution in [0.3, 0.4) is 0 Å². The molecule has 0 fully saturated rings. The molecule has 0 aliphatic rings. The zero-order valence-corrected chi connectivity index (χ0v) is 2.62. The van der Waals surface area contributed by atoms with E-state index in [1.165, 1.54) is 0 Å². The van der Waals surface area contributed by atoms with Gasteiger partial charge in [0.1, 0.15) is 0 Å². The van der Waals surface area contributed by atoms with Gasteiger partial charge in [-0.3, -0.25) is 10.4 Å². The predicted octanol–water partition coefficient (Wildman–Crippen LogP) is -0.224. The van der Waals surface area contributed by atoms with Crippen molar-refractivity contribution in [3.05, 3.63) is 0 Å². The lowest BCUT2D eigenvalue weighted by atomic mass is 13.3. The summed E-state index contributed by atoms with van der Waals surface area (Å²) in [5.41, 5.74) is 0.750. The summed E-state index contributed by atoms with van der Waals surface area (Å²) in [4.78, 5) is 0. The maximum absolute atomic E-state index is 6.88. The van der Waals surface area contributed by atoms with Gasteiger partial charge < -0.3 is 0 Å². The zero-order valence-electron chi connectivity index (χ0n) is 1.80. The van der Waals surface area contributed by atoms with Crippen LogP contribution in [0.5, 0.6) is 0 Å². The van der Waals surface area contributed by atoms with Crippen LogP contribution in [0.4, 0.5) is 0 Å². The molecule has 0 saturated carbocycles. The highest BCUT2D eigenvalue weighted by Gasteiger charge is 1.23. The van der Waals surface area contributed by atoms with Gasteiger partial charge in [0.2, 0.25) is 0 Å². The van der Waals surface area contributed by atoms with E-state index < -0.39 is 0 Å². The van der Waals surface area contributed by atoms with Gasteiger partial charge in [0.05, 0.1) is 0 Å². The Morgan fingerprint density at radius 3 is 1.25 bits per heavy atom. The summed E-state index contributed by atoms with van der Waals surface area (Å²) in [5, 5.41) is 13.8. The average Bonchev–Trinajstić information content (AvgIpc) is 0.918. The number of halogens is 1. The lowest BCUT2D eigenvalue weighted by Gasteiger charge is -1.61. The molecule has 0 aliphatic heterocycles. The van der Waals surface area contributed by atoms with Crippen LogP contribution in [0.25, 0.3) is 0 Å². The third-order valence-electron chi connectivity index (χ3n) is 0. The van der Waals surface area contributed by atoms with Crippen molar-refractivity contribution in [1.82, 2.24) is 5.64 Å². The van der Waals surface area contributed by atoms with Crippen LogP contribution in [0, 0.1) is 0 Å². The molecule has 0 aromatic rings. The number of hydrogen-bond acceptors (Lipinski definition) is 3. The van der Waals surface area contributed by atoms with Gasteiger partial charge in [-0.1, -0.05) is 5.64 Å². The molecule has 0 unspecified atom stereocenters. The lowest BCUT2D eigenvalue weighted by molar-refractivity contribution is -0.0678. The Morgan fingerprint density at radius 1 is 1.25 bits per heavy atom. The Bertz CT molecular complexity index is 6.00. The Labute approximate surface area is 29.6 Å². The van der Waals surface area contributed by atoms with E-state index in [4.69, 9.17) is 10.4 Å². The fraction of sp³-hybridized carbons (Fsp3) is 0. The first-order valence-electron chi connectivity index (χ1n) is 0.447. The molecule has 0 spiro atoms. The summed E-state index contributed by atoms with van der Waals surface area (Å²) in [6.45, 7) is 0. The monoisotopic (exact) mass is 85.0 g/mol. The van der Waals surface area contributed by atoms with Crippen LogP contribution in [0.1, 0.15) is 0 Å². The maximum Gasteiger partial charge on any atom is -0.0853 e. The van der Waals surface area contributed by atoms with Crippen molar-refractivity contribution in [2.45, 2.75) is 0 Å². The van der Waals surface area contributed by atoms with Crippen LogP contribution in [0.15, 0.2) is 0 Å². The quantitative estimate of drug-likeness (QED) is 0.357. The molecule has 3 N–H and O–H groups in total. The van der Waals surface area contributed by atoms with Crippen molar-refractivity contribution < 1.29 is 10.4 Å². The molecule has 3 nitrogen and oxygen atoms in total. The predicted molar refractivity (Wildman–Crippen MR) is 14.0 cm³/mol. The highest BCUT2D eigenvalue weighted by Crippen LogP contribution is 0.931. The molecular weight excluding hydrogens is 81.5 g/mol. The smallest absolute Gasteiger partial charge is 0.0853 e. The largest absolute Gasteiger partial charge is 0.292 e. The van der Waals surface area contributed by atoms with E-state index in [0.717, 1.165) is 5.64 Å². The minimum atomic E-state index is 0. The minimum Gasteiger partial charge on any atom is -0.292 e. The second-order valence-corrected chi connectivity index (χ2v) is 0.100. The third-order valence-corrected chi connectivity index (χ3v) is 0. The summed E-state index contributed by atoms with van der Waals surface area (Å²) in [7, 11) is 0. The van der Waals surface area contributed by atoms with Crippen molar-refractivity contribution in [3.8, 4) is 0 Å². The number of rotatable bonds is 0. The molecule has 0 radical (unpaired) electrons.